The second kappa shape index (κ2) is 5.09. The van der Waals surface area contributed by atoms with E-state index in [4.69, 9.17) is 4.74 Å². The smallest absolute Gasteiger partial charge is 0.122 e. The summed E-state index contributed by atoms with van der Waals surface area (Å²) >= 11 is 0. The van der Waals surface area contributed by atoms with Crippen molar-refractivity contribution in [2.75, 3.05) is 13.2 Å². The van der Waals surface area contributed by atoms with Crippen LogP contribution in [-0.4, -0.2) is 13.2 Å². The molecule has 0 radical (unpaired) electrons. The summed E-state index contributed by atoms with van der Waals surface area (Å²) in [5.74, 6) is 1.11. The summed E-state index contributed by atoms with van der Waals surface area (Å²) in [5.41, 5.74) is 2.86. The molecule has 1 fully saturated rings. The number of benzene rings is 1. The van der Waals surface area contributed by atoms with Crippen LogP contribution in [0.1, 0.15) is 49.3 Å². The first kappa shape index (κ1) is 11.1. The van der Waals surface area contributed by atoms with Crippen LogP contribution in [0.4, 0.5) is 0 Å². The van der Waals surface area contributed by atoms with Crippen LogP contribution in [0.15, 0.2) is 18.2 Å². The zero-order chi connectivity index (χ0) is 11.5. The Balaban J connectivity index is 1.82. The van der Waals surface area contributed by atoms with Crippen molar-refractivity contribution in [3.05, 3.63) is 29.3 Å². The third-order valence-electron chi connectivity index (χ3n) is 3.90. The Labute approximate surface area is 103 Å². The maximum absolute atomic E-state index is 5.67. The van der Waals surface area contributed by atoms with Gasteiger partial charge in [0.1, 0.15) is 5.75 Å². The molecule has 1 unspecified atom stereocenters. The Morgan fingerprint density at radius 2 is 2.12 bits per heavy atom. The van der Waals surface area contributed by atoms with Crippen molar-refractivity contribution in [1.29, 1.82) is 0 Å². The number of hydrogen-bond donors (Lipinski definition) is 1. The van der Waals surface area contributed by atoms with Crippen molar-refractivity contribution < 1.29 is 4.74 Å². The first-order valence-corrected chi connectivity index (χ1v) is 6.92. The molecule has 2 aliphatic rings. The van der Waals surface area contributed by atoms with Crippen molar-refractivity contribution in [1.82, 2.24) is 5.32 Å². The lowest BCUT2D eigenvalue weighted by Gasteiger charge is -2.21. The van der Waals surface area contributed by atoms with Crippen LogP contribution in [0.2, 0.25) is 0 Å². The Hall–Kier alpha value is -1.02. The van der Waals surface area contributed by atoms with E-state index in [1.54, 1.807) is 0 Å². The second-order valence-electron chi connectivity index (χ2n) is 5.18. The van der Waals surface area contributed by atoms with Gasteiger partial charge in [-0.2, -0.15) is 0 Å². The van der Waals surface area contributed by atoms with Gasteiger partial charge in [0.25, 0.3) is 0 Å². The molecule has 0 spiro atoms. The summed E-state index contributed by atoms with van der Waals surface area (Å²) in [6.07, 6.45) is 7.66. The third-order valence-corrected chi connectivity index (χ3v) is 3.90. The SMILES string of the molecule is c1cc2c(cc1C1CCCCCN1)CCCO2. The van der Waals surface area contributed by atoms with Gasteiger partial charge in [-0.15, -0.1) is 0 Å². The Morgan fingerprint density at radius 3 is 3.12 bits per heavy atom. The largest absolute Gasteiger partial charge is 0.493 e. The summed E-state index contributed by atoms with van der Waals surface area (Å²) in [7, 11) is 0. The zero-order valence-electron chi connectivity index (χ0n) is 10.4. The van der Waals surface area contributed by atoms with E-state index in [0.717, 1.165) is 25.3 Å². The molecule has 2 nitrogen and oxygen atoms in total. The fourth-order valence-electron chi connectivity index (χ4n) is 2.91. The summed E-state index contributed by atoms with van der Waals surface area (Å²) in [6, 6.07) is 7.32. The minimum Gasteiger partial charge on any atom is -0.493 e. The lowest BCUT2D eigenvalue weighted by Crippen LogP contribution is -2.20. The Kier molecular flexibility index (Phi) is 3.32. The van der Waals surface area contributed by atoms with Gasteiger partial charge < -0.3 is 10.1 Å². The quantitative estimate of drug-likeness (QED) is 0.801. The van der Waals surface area contributed by atoms with Gasteiger partial charge in [-0.05, 0) is 49.4 Å². The van der Waals surface area contributed by atoms with Gasteiger partial charge in [-0.3, -0.25) is 0 Å². The molecular formula is C15H21NO. The predicted octanol–water partition coefficient (Wildman–Crippen LogP) is 3.22. The van der Waals surface area contributed by atoms with E-state index in [1.807, 2.05) is 0 Å². The third kappa shape index (κ3) is 2.47. The van der Waals surface area contributed by atoms with Gasteiger partial charge in [-0.1, -0.05) is 25.0 Å². The normalized spacial score (nSPS) is 24.6. The molecule has 1 aromatic carbocycles. The fraction of sp³-hybridized carbons (Fsp3) is 0.600. The maximum Gasteiger partial charge on any atom is 0.122 e. The van der Waals surface area contributed by atoms with Gasteiger partial charge in [0.05, 0.1) is 6.61 Å². The van der Waals surface area contributed by atoms with Gasteiger partial charge in [0.15, 0.2) is 0 Å². The highest BCUT2D eigenvalue weighted by atomic mass is 16.5. The highest BCUT2D eigenvalue weighted by molar-refractivity contribution is 5.39. The van der Waals surface area contributed by atoms with Crippen LogP contribution in [0.5, 0.6) is 5.75 Å². The Bertz CT molecular complexity index is 381. The highest BCUT2D eigenvalue weighted by Crippen LogP contribution is 2.30. The molecule has 0 saturated carbocycles. The Morgan fingerprint density at radius 1 is 1.12 bits per heavy atom. The van der Waals surface area contributed by atoms with Crippen LogP contribution < -0.4 is 10.1 Å². The average Bonchev–Trinajstić information content (AvgIpc) is 2.67. The molecule has 2 aliphatic heterocycles. The van der Waals surface area contributed by atoms with E-state index >= 15 is 0 Å². The standard InChI is InChI=1S/C15H21NO/c1-2-6-14(16-9-3-1)12-7-8-15-13(11-12)5-4-10-17-15/h7-8,11,14,16H,1-6,9-10H2. The molecule has 3 rings (SSSR count). The molecular weight excluding hydrogens is 210 g/mol. The fourth-order valence-corrected chi connectivity index (χ4v) is 2.91. The maximum atomic E-state index is 5.67. The first-order chi connectivity index (χ1) is 8.43. The molecule has 17 heavy (non-hydrogen) atoms. The van der Waals surface area contributed by atoms with Gasteiger partial charge in [0, 0.05) is 6.04 Å². The predicted molar refractivity (Wildman–Crippen MR) is 69.5 cm³/mol. The van der Waals surface area contributed by atoms with Crippen LogP contribution in [0, 0.1) is 0 Å². The molecule has 2 heteroatoms. The summed E-state index contributed by atoms with van der Waals surface area (Å²) in [4.78, 5) is 0. The average molecular weight is 231 g/mol. The molecule has 0 amide bonds. The summed E-state index contributed by atoms with van der Waals surface area (Å²) in [5, 5.41) is 3.66. The van der Waals surface area contributed by atoms with Crippen molar-refractivity contribution >= 4 is 0 Å². The van der Waals surface area contributed by atoms with Gasteiger partial charge in [0.2, 0.25) is 0 Å². The molecule has 0 aromatic heterocycles. The lowest BCUT2D eigenvalue weighted by atomic mass is 9.97. The van der Waals surface area contributed by atoms with E-state index in [1.165, 1.54) is 43.2 Å². The van der Waals surface area contributed by atoms with Crippen LogP contribution >= 0.6 is 0 Å². The lowest BCUT2D eigenvalue weighted by molar-refractivity contribution is 0.288. The van der Waals surface area contributed by atoms with Crippen LogP contribution in [0.3, 0.4) is 0 Å². The molecule has 1 aromatic rings. The topological polar surface area (TPSA) is 21.3 Å². The highest BCUT2D eigenvalue weighted by Gasteiger charge is 2.16. The van der Waals surface area contributed by atoms with E-state index in [-0.39, 0.29) is 0 Å². The number of hydrogen-bond acceptors (Lipinski definition) is 2. The molecule has 1 N–H and O–H groups in total. The molecule has 2 heterocycles. The van der Waals surface area contributed by atoms with Crippen molar-refractivity contribution in [2.45, 2.75) is 44.6 Å². The van der Waals surface area contributed by atoms with E-state index in [0.29, 0.717) is 6.04 Å². The number of aryl methyl sites for hydroxylation is 1. The summed E-state index contributed by atoms with van der Waals surface area (Å²) < 4.78 is 5.67. The van der Waals surface area contributed by atoms with Crippen molar-refractivity contribution in [3.63, 3.8) is 0 Å². The van der Waals surface area contributed by atoms with Crippen LogP contribution in [0.25, 0.3) is 0 Å². The molecule has 1 atom stereocenters. The van der Waals surface area contributed by atoms with Gasteiger partial charge in [-0.25, -0.2) is 0 Å². The van der Waals surface area contributed by atoms with E-state index < -0.39 is 0 Å². The first-order valence-electron chi connectivity index (χ1n) is 6.92. The minimum atomic E-state index is 0.560. The summed E-state index contributed by atoms with van der Waals surface area (Å²) in [6.45, 7) is 2.05. The minimum absolute atomic E-state index is 0.560. The zero-order valence-corrected chi connectivity index (χ0v) is 10.4. The molecule has 0 bridgehead atoms. The molecule has 0 aliphatic carbocycles. The van der Waals surface area contributed by atoms with Gasteiger partial charge >= 0.3 is 0 Å². The monoisotopic (exact) mass is 231 g/mol. The molecule has 1 saturated heterocycles. The number of rotatable bonds is 1. The van der Waals surface area contributed by atoms with Crippen molar-refractivity contribution in [2.24, 2.45) is 0 Å². The van der Waals surface area contributed by atoms with E-state index in [9.17, 15) is 0 Å². The second-order valence-corrected chi connectivity index (χ2v) is 5.18. The number of fused-ring (bicyclic) bond motifs is 1. The molecule has 92 valence electrons. The van der Waals surface area contributed by atoms with Crippen LogP contribution in [-0.2, 0) is 6.42 Å². The van der Waals surface area contributed by atoms with E-state index in [2.05, 4.69) is 23.5 Å². The number of nitrogens with one attached hydrogen (secondary N) is 1. The van der Waals surface area contributed by atoms with Crippen molar-refractivity contribution in [3.8, 4) is 5.75 Å². The number of ether oxygens (including phenoxy) is 1.